The lowest BCUT2D eigenvalue weighted by Gasteiger charge is -2.33. The van der Waals surface area contributed by atoms with Gasteiger partial charge in [-0.2, -0.15) is 4.31 Å². The molecular weight excluding hydrogens is 362 g/mol. The molecule has 1 heterocycles. The van der Waals surface area contributed by atoms with Gasteiger partial charge in [0.2, 0.25) is 15.9 Å². The van der Waals surface area contributed by atoms with Crippen LogP contribution in [0.25, 0.3) is 0 Å². The van der Waals surface area contributed by atoms with Gasteiger partial charge in [0.05, 0.1) is 12.3 Å². The lowest BCUT2D eigenvalue weighted by atomic mass is 10.0. The highest BCUT2D eigenvalue weighted by Crippen LogP contribution is 2.13. The zero-order chi connectivity index (χ0) is 19.9. The number of nitrogens with zero attached hydrogens (tertiary/aromatic N) is 2. The Balaban J connectivity index is 1.75. The standard InChI is InChI=1S/C20H33N3O3S/c1-17(2)9-10-18(3)21-20(24)15-22-11-13-23(14-12-22)27(25,26)16-19-7-5-4-6-8-19/h4-8,17-18H,9-16H2,1-3H3,(H,21,24)/t18-/m0/s1. The second-order valence-electron chi connectivity index (χ2n) is 7.86. The van der Waals surface area contributed by atoms with E-state index >= 15 is 0 Å². The second kappa shape index (κ2) is 10.2. The minimum absolute atomic E-state index is 0.0202. The van der Waals surface area contributed by atoms with Gasteiger partial charge >= 0.3 is 0 Å². The number of amides is 1. The van der Waals surface area contributed by atoms with E-state index in [9.17, 15) is 13.2 Å². The topological polar surface area (TPSA) is 69.7 Å². The molecule has 0 aliphatic carbocycles. The van der Waals surface area contributed by atoms with Crippen molar-refractivity contribution in [2.75, 3.05) is 32.7 Å². The molecule has 1 amide bonds. The van der Waals surface area contributed by atoms with Crippen molar-refractivity contribution in [1.82, 2.24) is 14.5 Å². The first-order valence-electron chi connectivity index (χ1n) is 9.79. The van der Waals surface area contributed by atoms with Gasteiger partial charge in [-0.1, -0.05) is 44.2 Å². The molecule has 1 fully saturated rings. The van der Waals surface area contributed by atoms with Crippen LogP contribution in [-0.2, 0) is 20.6 Å². The van der Waals surface area contributed by atoms with E-state index in [1.807, 2.05) is 42.2 Å². The summed E-state index contributed by atoms with van der Waals surface area (Å²) in [5.74, 6) is 0.684. The highest BCUT2D eigenvalue weighted by atomic mass is 32.2. The fourth-order valence-electron chi connectivity index (χ4n) is 3.22. The predicted octanol–water partition coefficient (Wildman–Crippen LogP) is 2.07. The van der Waals surface area contributed by atoms with E-state index in [1.165, 1.54) is 0 Å². The van der Waals surface area contributed by atoms with Crippen molar-refractivity contribution >= 4 is 15.9 Å². The van der Waals surface area contributed by atoms with Crippen LogP contribution in [0.3, 0.4) is 0 Å². The van der Waals surface area contributed by atoms with Gasteiger partial charge < -0.3 is 5.32 Å². The van der Waals surface area contributed by atoms with Gasteiger partial charge in [0, 0.05) is 32.2 Å². The van der Waals surface area contributed by atoms with Crippen molar-refractivity contribution in [3.8, 4) is 0 Å². The molecular formula is C20H33N3O3S. The molecule has 27 heavy (non-hydrogen) atoms. The molecule has 152 valence electrons. The number of piperazine rings is 1. The summed E-state index contributed by atoms with van der Waals surface area (Å²) in [4.78, 5) is 14.2. The lowest BCUT2D eigenvalue weighted by molar-refractivity contribution is -0.123. The minimum atomic E-state index is -3.32. The highest BCUT2D eigenvalue weighted by Gasteiger charge is 2.27. The summed E-state index contributed by atoms with van der Waals surface area (Å²) in [6.07, 6.45) is 2.08. The van der Waals surface area contributed by atoms with Crippen LogP contribution in [0.15, 0.2) is 30.3 Å². The molecule has 0 spiro atoms. The molecule has 6 nitrogen and oxygen atoms in total. The summed E-state index contributed by atoms with van der Waals surface area (Å²) in [5.41, 5.74) is 0.801. The maximum absolute atomic E-state index is 12.6. The fourth-order valence-corrected chi connectivity index (χ4v) is 4.74. The van der Waals surface area contributed by atoms with Gasteiger partial charge in [0.1, 0.15) is 0 Å². The van der Waals surface area contributed by atoms with E-state index in [2.05, 4.69) is 19.2 Å². The summed E-state index contributed by atoms with van der Waals surface area (Å²) in [7, 11) is -3.32. The summed E-state index contributed by atoms with van der Waals surface area (Å²) in [6, 6.07) is 9.42. The van der Waals surface area contributed by atoms with Crippen LogP contribution in [0.2, 0.25) is 0 Å². The first-order chi connectivity index (χ1) is 12.8. The minimum Gasteiger partial charge on any atom is -0.353 e. The Labute approximate surface area is 164 Å². The van der Waals surface area contributed by atoms with E-state index in [1.54, 1.807) is 4.31 Å². The monoisotopic (exact) mass is 395 g/mol. The summed E-state index contributed by atoms with van der Waals surface area (Å²) < 4.78 is 26.7. The molecule has 0 radical (unpaired) electrons. The van der Waals surface area contributed by atoms with Crippen LogP contribution >= 0.6 is 0 Å². The van der Waals surface area contributed by atoms with E-state index in [0.29, 0.717) is 38.6 Å². The lowest BCUT2D eigenvalue weighted by Crippen LogP contribution is -2.51. The van der Waals surface area contributed by atoms with Crippen LogP contribution in [-0.4, -0.2) is 62.3 Å². The van der Waals surface area contributed by atoms with Gasteiger partial charge in [-0.15, -0.1) is 0 Å². The third-order valence-corrected chi connectivity index (χ3v) is 6.72. The van der Waals surface area contributed by atoms with Gasteiger partial charge in [0.25, 0.3) is 0 Å². The van der Waals surface area contributed by atoms with Gasteiger partial charge in [-0.05, 0) is 31.2 Å². The molecule has 1 aliphatic rings. The molecule has 1 aromatic carbocycles. The SMILES string of the molecule is CC(C)CC[C@H](C)NC(=O)CN1CCN(S(=O)(=O)Cc2ccccc2)CC1. The first kappa shape index (κ1) is 21.9. The van der Waals surface area contributed by atoms with Gasteiger partial charge in [0.15, 0.2) is 0 Å². The number of hydrogen-bond donors (Lipinski definition) is 1. The number of carbonyl (C=O) groups excluding carboxylic acids is 1. The molecule has 1 aromatic rings. The first-order valence-corrected chi connectivity index (χ1v) is 11.4. The second-order valence-corrected chi connectivity index (χ2v) is 9.83. The van der Waals surface area contributed by atoms with Crippen molar-refractivity contribution in [3.63, 3.8) is 0 Å². The zero-order valence-corrected chi connectivity index (χ0v) is 17.5. The molecule has 1 saturated heterocycles. The van der Waals surface area contributed by atoms with Gasteiger partial charge in [-0.3, -0.25) is 9.69 Å². The normalized spacial score (nSPS) is 17.8. The Hall–Kier alpha value is -1.44. The number of sulfonamides is 1. The largest absolute Gasteiger partial charge is 0.353 e. The quantitative estimate of drug-likeness (QED) is 0.695. The van der Waals surface area contributed by atoms with Crippen LogP contribution < -0.4 is 5.32 Å². The highest BCUT2D eigenvalue weighted by molar-refractivity contribution is 7.88. The Morgan fingerprint density at radius 1 is 1.04 bits per heavy atom. The number of rotatable bonds is 9. The maximum atomic E-state index is 12.6. The maximum Gasteiger partial charge on any atom is 0.234 e. The van der Waals surface area contributed by atoms with Crippen LogP contribution in [0.1, 0.15) is 39.2 Å². The Bertz CT molecular complexity index is 684. The van der Waals surface area contributed by atoms with Crippen LogP contribution in [0.5, 0.6) is 0 Å². The third kappa shape index (κ3) is 7.60. The molecule has 0 unspecified atom stereocenters. The molecule has 0 bridgehead atoms. The van der Waals surface area contributed by atoms with Crippen LogP contribution in [0, 0.1) is 5.92 Å². The van der Waals surface area contributed by atoms with E-state index in [0.717, 1.165) is 18.4 Å². The Kier molecular flexibility index (Phi) is 8.26. The van der Waals surface area contributed by atoms with E-state index in [-0.39, 0.29) is 17.7 Å². The number of nitrogens with one attached hydrogen (secondary N) is 1. The number of benzene rings is 1. The van der Waals surface area contributed by atoms with Gasteiger partial charge in [-0.25, -0.2) is 8.42 Å². The smallest absolute Gasteiger partial charge is 0.234 e. The van der Waals surface area contributed by atoms with Crippen molar-refractivity contribution < 1.29 is 13.2 Å². The number of hydrogen-bond acceptors (Lipinski definition) is 4. The molecule has 1 atom stereocenters. The molecule has 7 heteroatoms. The van der Waals surface area contributed by atoms with Crippen molar-refractivity contribution in [3.05, 3.63) is 35.9 Å². The Morgan fingerprint density at radius 2 is 1.67 bits per heavy atom. The zero-order valence-electron chi connectivity index (χ0n) is 16.7. The van der Waals surface area contributed by atoms with Crippen molar-refractivity contribution in [1.29, 1.82) is 0 Å². The molecule has 0 aromatic heterocycles. The van der Waals surface area contributed by atoms with Crippen molar-refractivity contribution in [2.45, 2.75) is 45.4 Å². The molecule has 1 aliphatic heterocycles. The molecule has 2 rings (SSSR count). The van der Waals surface area contributed by atoms with Crippen LogP contribution in [0.4, 0.5) is 0 Å². The average molecular weight is 396 g/mol. The molecule has 1 N–H and O–H groups in total. The number of carbonyl (C=O) groups is 1. The average Bonchev–Trinajstić information content (AvgIpc) is 2.61. The van der Waals surface area contributed by atoms with E-state index in [4.69, 9.17) is 0 Å². The fraction of sp³-hybridized carbons (Fsp3) is 0.650. The van der Waals surface area contributed by atoms with Crippen molar-refractivity contribution in [2.24, 2.45) is 5.92 Å². The Morgan fingerprint density at radius 3 is 2.26 bits per heavy atom. The van der Waals surface area contributed by atoms with E-state index < -0.39 is 10.0 Å². The summed E-state index contributed by atoms with van der Waals surface area (Å²) in [6.45, 7) is 8.77. The summed E-state index contributed by atoms with van der Waals surface area (Å²) >= 11 is 0. The summed E-state index contributed by atoms with van der Waals surface area (Å²) in [5, 5.41) is 3.04. The third-order valence-electron chi connectivity index (χ3n) is 4.87. The molecule has 0 saturated carbocycles. The predicted molar refractivity (Wildman–Crippen MR) is 109 cm³/mol.